The molecule has 1 fully saturated rings. The van der Waals surface area contributed by atoms with Gasteiger partial charge < -0.3 is 10.4 Å². The molecule has 2 atom stereocenters. The van der Waals surface area contributed by atoms with Crippen molar-refractivity contribution in [3.63, 3.8) is 0 Å². The first-order valence-corrected chi connectivity index (χ1v) is 8.35. The van der Waals surface area contributed by atoms with Gasteiger partial charge in [-0.05, 0) is 25.0 Å². The number of aryl methyl sites for hydroxylation is 1. The lowest BCUT2D eigenvalue weighted by Gasteiger charge is -2.21. The average molecular weight is 342 g/mol. The number of nitrogens with one attached hydrogen (secondary N) is 1. The van der Waals surface area contributed by atoms with E-state index in [1.807, 2.05) is 31.2 Å². The molecule has 1 aliphatic rings. The number of β-amino-alcohol motifs (C(OH)–C–C–N with tert-alkyl or cyclic N) is 1. The molecule has 1 saturated heterocycles. The van der Waals surface area contributed by atoms with Gasteiger partial charge in [0, 0.05) is 31.7 Å². The third kappa shape index (κ3) is 4.52. The van der Waals surface area contributed by atoms with Gasteiger partial charge in [0.2, 0.25) is 0 Å². The van der Waals surface area contributed by atoms with Crippen molar-refractivity contribution in [2.45, 2.75) is 25.5 Å². The number of benzene rings is 1. The van der Waals surface area contributed by atoms with Gasteiger partial charge >= 0.3 is 0 Å². The van der Waals surface area contributed by atoms with Gasteiger partial charge in [-0.3, -0.25) is 15.0 Å². The smallest absolute Gasteiger partial charge is 0.287 e. The molecule has 25 heavy (non-hydrogen) atoms. The summed E-state index contributed by atoms with van der Waals surface area (Å²) in [5.74, 6) is 0.636. The second kappa shape index (κ2) is 7.58. The standard InChI is InChI=1S/C18H22N4O3/c1-13-2-4-14(5-3-13)17(23)12-21-9-8-15(11-21)20-18-7-6-16(10-19-18)22(24)25/h2-7,10,15,17,23H,8-9,11-12H2,1H3,(H,19,20). The lowest BCUT2D eigenvalue weighted by Crippen LogP contribution is -2.30. The van der Waals surface area contributed by atoms with Gasteiger partial charge in [-0.25, -0.2) is 4.98 Å². The average Bonchev–Trinajstić information content (AvgIpc) is 3.02. The number of rotatable bonds is 6. The first kappa shape index (κ1) is 17.3. The van der Waals surface area contributed by atoms with Crippen LogP contribution in [0, 0.1) is 17.0 Å². The largest absolute Gasteiger partial charge is 0.387 e. The highest BCUT2D eigenvalue weighted by molar-refractivity contribution is 5.41. The SMILES string of the molecule is Cc1ccc(C(O)CN2CCC(Nc3ccc([N+](=O)[O-])cn3)C2)cc1. The van der Waals surface area contributed by atoms with Crippen LogP contribution < -0.4 is 5.32 Å². The number of aliphatic hydroxyl groups is 1. The molecule has 7 nitrogen and oxygen atoms in total. The fourth-order valence-electron chi connectivity index (χ4n) is 3.04. The van der Waals surface area contributed by atoms with Crippen LogP contribution in [0.4, 0.5) is 11.5 Å². The number of hydrogen-bond donors (Lipinski definition) is 2. The first-order valence-electron chi connectivity index (χ1n) is 8.35. The molecule has 7 heteroatoms. The van der Waals surface area contributed by atoms with Crippen LogP contribution in [0.1, 0.15) is 23.7 Å². The highest BCUT2D eigenvalue weighted by Crippen LogP contribution is 2.20. The van der Waals surface area contributed by atoms with E-state index in [1.54, 1.807) is 6.07 Å². The predicted octanol–water partition coefficient (Wildman–Crippen LogP) is 2.52. The normalized spacial score (nSPS) is 18.9. The second-order valence-corrected chi connectivity index (χ2v) is 6.47. The topological polar surface area (TPSA) is 91.5 Å². The Bertz CT molecular complexity index is 718. The summed E-state index contributed by atoms with van der Waals surface area (Å²) in [7, 11) is 0. The molecular formula is C18H22N4O3. The molecular weight excluding hydrogens is 320 g/mol. The summed E-state index contributed by atoms with van der Waals surface area (Å²) in [5, 5.41) is 24.3. The van der Waals surface area contributed by atoms with E-state index in [1.165, 1.54) is 17.8 Å². The van der Waals surface area contributed by atoms with Gasteiger partial charge in [-0.2, -0.15) is 0 Å². The van der Waals surface area contributed by atoms with E-state index in [4.69, 9.17) is 0 Å². The molecule has 0 bridgehead atoms. The summed E-state index contributed by atoms with van der Waals surface area (Å²) in [5.41, 5.74) is 2.09. The fraction of sp³-hybridized carbons (Fsp3) is 0.389. The van der Waals surface area contributed by atoms with Crippen molar-refractivity contribution < 1.29 is 10.0 Å². The van der Waals surface area contributed by atoms with Crippen LogP contribution in [0.2, 0.25) is 0 Å². The molecule has 2 heterocycles. The number of pyridine rings is 1. The monoisotopic (exact) mass is 342 g/mol. The maximum Gasteiger partial charge on any atom is 0.287 e. The van der Waals surface area contributed by atoms with Crippen molar-refractivity contribution in [3.8, 4) is 0 Å². The minimum absolute atomic E-state index is 0.0141. The van der Waals surface area contributed by atoms with Gasteiger partial charge in [0.05, 0.1) is 11.0 Å². The Balaban J connectivity index is 1.51. The van der Waals surface area contributed by atoms with Crippen molar-refractivity contribution >= 4 is 11.5 Å². The van der Waals surface area contributed by atoms with Crippen molar-refractivity contribution in [2.75, 3.05) is 25.0 Å². The number of nitrogens with zero attached hydrogens (tertiary/aromatic N) is 3. The van der Waals surface area contributed by atoms with Crippen LogP contribution in [0.3, 0.4) is 0 Å². The van der Waals surface area contributed by atoms with E-state index < -0.39 is 11.0 Å². The van der Waals surface area contributed by atoms with Crippen molar-refractivity contribution in [1.29, 1.82) is 0 Å². The number of likely N-dealkylation sites (tertiary alicyclic amines) is 1. The molecule has 0 spiro atoms. The van der Waals surface area contributed by atoms with Gasteiger partial charge in [0.1, 0.15) is 12.0 Å². The van der Waals surface area contributed by atoms with E-state index in [2.05, 4.69) is 15.2 Å². The Morgan fingerprint density at radius 1 is 1.36 bits per heavy atom. The molecule has 1 aliphatic heterocycles. The summed E-state index contributed by atoms with van der Waals surface area (Å²) in [6, 6.07) is 11.2. The summed E-state index contributed by atoms with van der Waals surface area (Å²) in [6.07, 6.45) is 1.70. The molecule has 132 valence electrons. The summed E-state index contributed by atoms with van der Waals surface area (Å²) >= 11 is 0. The Morgan fingerprint density at radius 3 is 2.76 bits per heavy atom. The summed E-state index contributed by atoms with van der Waals surface area (Å²) in [4.78, 5) is 16.5. The van der Waals surface area contributed by atoms with Crippen LogP contribution in [0.15, 0.2) is 42.6 Å². The van der Waals surface area contributed by atoms with E-state index >= 15 is 0 Å². The Morgan fingerprint density at radius 2 is 2.12 bits per heavy atom. The van der Waals surface area contributed by atoms with Crippen molar-refractivity contribution in [3.05, 3.63) is 63.8 Å². The third-order valence-corrected chi connectivity index (χ3v) is 4.48. The minimum Gasteiger partial charge on any atom is -0.387 e. The summed E-state index contributed by atoms with van der Waals surface area (Å²) < 4.78 is 0. The Hall–Kier alpha value is -2.51. The van der Waals surface area contributed by atoms with Gasteiger partial charge in [0.25, 0.3) is 5.69 Å². The number of nitro groups is 1. The molecule has 3 rings (SSSR count). The number of aromatic nitrogens is 1. The van der Waals surface area contributed by atoms with Gasteiger partial charge in [-0.15, -0.1) is 0 Å². The van der Waals surface area contributed by atoms with E-state index in [-0.39, 0.29) is 11.7 Å². The lowest BCUT2D eigenvalue weighted by atomic mass is 10.1. The molecule has 0 radical (unpaired) electrons. The first-order chi connectivity index (χ1) is 12.0. The third-order valence-electron chi connectivity index (χ3n) is 4.48. The van der Waals surface area contributed by atoms with E-state index in [0.29, 0.717) is 12.4 Å². The van der Waals surface area contributed by atoms with Gasteiger partial charge in [0.15, 0.2) is 0 Å². The predicted molar refractivity (Wildman–Crippen MR) is 95.5 cm³/mol. The second-order valence-electron chi connectivity index (χ2n) is 6.47. The van der Waals surface area contributed by atoms with Gasteiger partial charge in [-0.1, -0.05) is 29.8 Å². The van der Waals surface area contributed by atoms with Crippen LogP contribution in [0.5, 0.6) is 0 Å². The Kier molecular flexibility index (Phi) is 5.25. The van der Waals surface area contributed by atoms with Crippen LogP contribution in [-0.2, 0) is 0 Å². The molecule has 2 unspecified atom stereocenters. The molecule has 1 aromatic carbocycles. The Labute approximate surface area is 146 Å². The maximum absolute atomic E-state index is 10.7. The van der Waals surface area contributed by atoms with Crippen LogP contribution >= 0.6 is 0 Å². The van der Waals surface area contributed by atoms with E-state index in [9.17, 15) is 15.2 Å². The van der Waals surface area contributed by atoms with Crippen LogP contribution in [0.25, 0.3) is 0 Å². The number of hydrogen-bond acceptors (Lipinski definition) is 6. The minimum atomic E-state index is -0.503. The highest BCUT2D eigenvalue weighted by atomic mass is 16.6. The zero-order valence-electron chi connectivity index (χ0n) is 14.1. The van der Waals surface area contributed by atoms with Crippen molar-refractivity contribution in [1.82, 2.24) is 9.88 Å². The lowest BCUT2D eigenvalue weighted by molar-refractivity contribution is -0.385. The van der Waals surface area contributed by atoms with E-state index in [0.717, 1.165) is 25.1 Å². The molecule has 0 aliphatic carbocycles. The zero-order chi connectivity index (χ0) is 17.8. The molecule has 2 N–H and O–H groups in total. The number of aliphatic hydroxyl groups excluding tert-OH is 1. The molecule has 2 aromatic rings. The maximum atomic E-state index is 10.7. The van der Waals surface area contributed by atoms with Crippen LogP contribution in [-0.4, -0.2) is 45.6 Å². The molecule has 0 saturated carbocycles. The number of anilines is 1. The zero-order valence-corrected chi connectivity index (χ0v) is 14.1. The quantitative estimate of drug-likeness (QED) is 0.619. The fourth-order valence-corrected chi connectivity index (χ4v) is 3.04. The molecule has 1 aromatic heterocycles. The summed E-state index contributed by atoms with van der Waals surface area (Å²) in [6.45, 7) is 4.32. The molecule has 0 amide bonds. The highest BCUT2D eigenvalue weighted by Gasteiger charge is 2.24. The van der Waals surface area contributed by atoms with Crippen molar-refractivity contribution in [2.24, 2.45) is 0 Å².